The van der Waals surface area contributed by atoms with E-state index in [-0.39, 0.29) is 12.2 Å². The molecule has 4 aromatic rings. The molecule has 160 valence electrons. The van der Waals surface area contributed by atoms with Crippen LogP contribution in [0.1, 0.15) is 15.9 Å². The second kappa shape index (κ2) is 8.81. The van der Waals surface area contributed by atoms with E-state index in [1.165, 1.54) is 0 Å². The molecule has 32 heavy (non-hydrogen) atoms. The van der Waals surface area contributed by atoms with E-state index in [2.05, 4.69) is 28.4 Å². The van der Waals surface area contributed by atoms with Crippen LogP contribution in [-0.4, -0.2) is 36.9 Å². The SMILES string of the molecule is Nc1ccc(-c2ccccc2)cc1CC(=O)c1ccc2nc(N3CCNCC3)ccc2c1. The summed E-state index contributed by atoms with van der Waals surface area (Å²) >= 11 is 0. The van der Waals surface area contributed by atoms with Crippen molar-refractivity contribution in [2.45, 2.75) is 6.42 Å². The van der Waals surface area contributed by atoms with Crippen molar-refractivity contribution in [3.05, 3.63) is 90.0 Å². The zero-order valence-corrected chi connectivity index (χ0v) is 17.9. The molecule has 1 saturated heterocycles. The topological polar surface area (TPSA) is 71.2 Å². The fraction of sp³-hybridized carbons (Fsp3) is 0.185. The molecule has 5 nitrogen and oxygen atoms in total. The lowest BCUT2D eigenvalue weighted by Crippen LogP contribution is -2.43. The first kappa shape index (κ1) is 20.2. The standard InChI is InChI=1S/C27H26N4O/c28-24-9-6-20(19-4-2-1-3-5-19)16-23(24)18-26(32)22-7-10-25-21(17-22)8-11-27(30-25)31-14-12-29-13-15-31/h1-11,16-17,29H,12-15,18,28H2. The number of nitrogens with zero attached hydrogens (tertiary/aromatic N) is 2. The van der Waals surface area contributed by atoms with E-state index in [1.807, 2.05) is 60.7 Å². The van der Waals surface area contributed by atoms with E-state index in [9.17, 15) is 4.79 Å². The van der Waals surface area contributed by atoms with Crippen LogP contribution in [0.15, 0.2) is 78.9 Å². The molecule has 1 aliphatic rings. The second-order valence-corrected chi connectivity index (χ2v) is 8.19. The molecule has 0 unspecified atom stereocenters. The van der Waals surface area contributed by atoms with E-state index in [0.717, 1.165) is 59.6 Å². The number of carbonyl (C=O) groups is 1. The Hall–Kier alpha value is -3.70. The Labute approximate surface area is 187 Å². The van der Waals surface area contributed by atoms with Crippen molar-refractivity contribution >= 4 is 28.2 Å². The Morgan fingerprint density at radius 1 is 0.906 bits per heavy atom. The molecule has 0 aliphatic carbocycles. The molecule has 2 heterocycles. The Kier molecular flexibility index (Phi) is 5.57. The monoisotopic (exact) mass is 422 g/mol. The predicted octanol–water partition coefficient (Wildman–Crippen LogP) is 4.32. The van der Waals surface area contributed by atoms with Crippen molar-refractivity contribution in [3.8, 4) is 11.1 Å². The number of ketones is 1. The lowest BCUT2D eigenvalue weighted by molar-refractivity contribution is 0.0993. The first-order chi connectivity index (χ1) is 15.7. The zero-order chi connectivity index (χ0) is 21.9. The van der Waals surface area contributed by atoms with Crippen LogP contribution in [0.2, 0.25) is 0 Å². The van der Waals surface area contributed by atoms with Crippen LogP contribution in [0.4, 0.5) is 11.5 Å². The molecule has 0 bridgehead atoms. The fourth-order valence-electron chi connectivity index (χ4n) is 4.20. The van der Waals surface area contributed by atoms with Gasteiger partial charge in [0, 0.05) is 49.2 Å². The molecule has 5 heteroatoms. The molecule has 0 spiro atoms. The molecule has 1 aromatic heterocycles. The minimum Gasteiger partial charge on any atom is -0.398 e. The predicted molar refractivity (Wildman–Crippen MR) is 131 cm³/mol. The second-order valence-electron chi connectivity index (χ2n) is 8.19. The summed E-state index contributed by atoms with van der Waals surface area (Å²) in [4.78, 5) is 20.2. The summed E-state index contributed by atoms with van der Waals surface area (Å²) in [5.74, 6) is 1.04. The van der Waals surface area contributed by atoms with E-state index < -0.39 is 0 Å². The molecule has 0 amide bonds. The Bertz CT molecular complexity index is 1260. The Morgan fingerprint density at radius 3 is 2.53 bits per heavy atom. The van der Waals surface area contributed by atoms with Crippen molar-refractivity contribution in [2.24, 2.45) is 0 Å². The molecule has 0 atom stereocenters. The number of hydrogen-bond acceptors (Lipinski definition) is 5. The number of nitrogen functional groups attached to an aromatic ring is 1. The summed E-state index contributed by atoms with van der Waals surface area (Å²) < 4.78 is 0. The van der Waals surface area contributed by atoms with Crippen LogP contribution in [0, 0.1) is 0 Å². The number of benzene rings is 3. The molecule has 3 aromatic carbocycles. The van der Waals surface area contributed by atoms with Gasteiger partial charge in [-0.15, -0.1) is 0 Å². The number of nitrogens with one attached hydrogen (secondary N) is 1. The first-order valence-electron chi connectivity index (χ1n) is 11.0. The first-order valence-corrected chi connectivity index (χ1v) is 11.0. The summed E-state index contributed by atoms with van der Waals surface area (Å²) in [6.45, 7) is 3.86. The number of nitrogens with two attached hydrogens (primary N) is 1. The highest BCUT2D eigenvalue weighted by Gasteiger charge is 2.14. The average Bonchev–Trinajstić information content (AvgIpc) is 2.85. The van der Waals surface area contributed by atoms with Crippen LogP contribution in [0.3, 0.4) is 0 Å². The van der Waals surface area contributed by atoms with Gasteiger partial charge in [-0.1, -0.05) is 36.4 Å². The van der Waals surface area contributed by atoms with Gasteiger partial charge in [-0.3, -0.25) is 4.79 Å². The number of fused-ring (bicyclic) bond motifs is 1. The van der Waals surface area contributed by atoms with Crippen LogP contribution in [0.25, 0.3) is 22.0 Å². The fourth-order valence-corrected chi connectivity index (χ4v) is 4.20. The highest BCUT2D eigenvalue weighted by Crippen LogP contribution is 2.26. The van der Waals surface area contributed by atoms with E-state index in [0.29, 0.717) is 11.3 Å². The summed E-state index contributed by atoms with van der Waals surface area (Å²) in [5, 5.41) is 4.34. The minimum atomic E-state index is 0.0509. The summed E-state index contributed by atoms with van der Waals surface area (Å²) in [6.07, 6.45) is 0.268. The third kappa shape index (κ3) is 4.20. The van der Waals surface area contributed by atoms with E-state index >= 15 is 0 Å². The molecule has 5 rings (SSSR count). The molecular formula is C27H26N4O. The molecular weight excluding hydrogens is 396 g/mol. The van der Waals surface area contributed by atoms with Crippen molar-refractivity contribution in [3.63, 3.8) is 0 Å². The number of pyridine rings is 1. The largest absolute Gasteiger partial charge is 0.398 e. The number of piperazine rings is 1. The van der Waals surface area contributed by atoms with Gasteiger partial charge in [-0.25, -0.2) is 4.98 Å². The van der Waals surface area contributed by atoms with Crippen molar-refractivity contribution in [1.82, 2.24) is 10.3 Å². The maximum absolute atomic E-state index is 13.1. The number of aromatic nitrogens is 1. The average molecular weight is 423 g/mol. The number of hydrogen-bond donors (Lipinski definition) is 2. The van der Waals surface area contributed by atoms with Crippen molar-refractivity contribution in [1.29, 1.82) is 0 Å². The third-order valence-electron chi connectivity index (χ3n) is 6.04. The maximum atomic E-state index is 13.1. The summed E-state index contributed by atoms with van der Waals surface area (Å²) in [7, 11) is 0. The Balaban J connectivity index is 1.38. The highest BCUT2D eigenvalue weighted by atomic mass is 16.1. The van der Waals surface area contributed by atoms with Gasteiger partial charge < -0.3 is 16.0 Å². The normalized spacial score (nSPS) is 13.9. The van der Waals surface area contributed by atoms with Crippen LogP contribution in [0.5, 0.6) is 0 Å². The summed E-state index contributed by atoms with van der Waals surface area (Å²) in [6, 6.07) is 25.9. The molecule has 0 saturated carbocycles. The smallest absolute Gasteiger partial charge is 0.167 e. The molecule has 3 N–H and O–H groups in total. The van der Waals surface area contributed by atoms with Crippen LogP contribution >= 0.6 is 0 Å². The van der Waals surface area contributed by atoms with Gasteiger partial charge >= 0.3 is 0 Å². The molecule has 0 radical (unpaired) electrons. The highest BCUT2D eigenvalue weighted by molar-refractivity contribution is 6.01. The van der Waals surface area contributed by atoms with E-state index in [1.54, 1.807) is 0 Å². The Morgan fingerprint density at radius 2 is 1.72 bits per heavy atom. The van der Waals surface area contributed by atoms with Crippen LogP contribution < -0.4 is 16.0 Å². The number of carbonyl (C=O) groups excluding carboxylic acids is 1. The number of rotatable bonds is 5. The summed E-state index contributed by atoms with van der Waals surface area (Å²) in [5.41, 5.74) is 11.4. The van der Waals surface area contributed by atoms with Crippen molar-refractivity contribution < 1.29 is 4.79 Å². The third-order valence-corrected chi connectivity index (χ3v) is 6.04. The van der Waals surface area contributed by atoms with Gasteiger partial charge in [0.1, 0.15) is 5.82 Å². The number of Topliss-reactive ketones (excluding diaryl/α,β-unsaturated/α-hetero) is 1. The maximum Gasteiger partial charge on any atom is 0.167 e. The van der Waals surface area contributed by atoms with Gasteiger partial charge in [0.2, 0.25) is 0 Å². The lowest BCUT2D eigenvalue weighted by atomic mass is 9.96. The quantitative estimate of drug-likeness (QED) is 0.370. The van der Waals surface area contributed by atoms with Gasteiger partial charge in [0.25, 0.3) is 0 Å². The van der Waals surface area contributed by atoms with E-state index in [4.69, 9.17) is 10.7 Å². The molecule has 1 fully saturated rings. The van der Waals surface area contributed by atoms with Gasteiger partial charge in [0.05, 0.1) is 5.52 Å². The van der Waals surface area contributed by atoms with Gasteiger partial charge in [-0.2, -0.15) is 0 Å². The van der Waals surface area contributed by atoms with Crippen molar-refractivity contribution in [2.75, 3.05) is 36.8 Å². The van der Waals surface area contributed by atoms with Crippen LogP contribution in [-0.2, 0) is 6.42 Å². The van der Waals surface area contributed by atoms with Gasteiger partial charge in [-0.05, 0) is 59.2 Å². The minimum absolute atomic E-state index is 0.0509. The molecule has 1 aliphatic heterocycles. The lowest BCUT2D eigenvalue weighted by Gasteiger charge is -2.28. The zero-order valence-electron chi connectivity index (χ0n) is 17.9. The number of anilines is 2. The van der Waals surface area contributed by atoms with Gasteiger partial charge in [0.15, 0.2) is 5.78 Å².